The zero-order valence-corrected chi connectivity index (χ0v) is 16.6. The maximum Gasteiger partial charge on any atom is 0.135 e. The van der Waals surface area contributed by atoms with Gasteiger partial charge in [-0.05, 0) is 43.9 Å². The fraction of sp³-hybridized carbons (Fsp3) is 0.600. The minimum atomic E-state index is 0.289. The maximum atomic E-state index is 6.04. The molecule has 3 aliphatic heterocycles. The summed E-state index contributed by atoms with van der Waals surface area (Å²) in [4.78, 5) is 5.03. The van der Waals surface area contributed by atoms with Gasteiger partial charge in [0.25, 0.3) is 0 Å². The molecule has 3 aliphatic rings. The Bertz CT molecular complexity index is 712. The normalized spacial score (nSPS) is 27.6. The molecule has 2 saturated heterocycles. The van der Waals surface area contributed by atoms with E-state index in [1.54, 1.807) is 0 Å². The minimum Gasteiger partial charge on any atom is -0.385 e. The second-order valence-corrected chi connectivity index (χ2v) is 8.26. The van der Waals surface area contributed by atoms with Gasteiger partial charge in [-0.2, -0.15) is 0 Å². The summed E-state index contributed by atoms with van der Waals surface area (Å²) >= 11 is 6.04. The zero-order valence-electron chi connectivity index (χ0n) is 15.9. The molecule has 6 nitrogen and oxygen atoms in total. The molecule has 146 valence electrons. The van der Waals surface area contributed by atoms with E-state index in [0.717, 1.165) is 56.4 Å². The first-order valence-corrected chi connectivity index (χ1v) is 10.2. The van der Waals surface area contributed by atoms with Crippen molar-refractivity contribution in [2.75, 3.05) is 26.2 Å². The lowest BCUT2D eigenvalue weighted by molar-refractivity contribution is -0.0777. The summed E-state index contributed by atoms with van der Waals surface area (Å²) in [6.07, 6.45) is 4.27. The molecule has 3 heterocycles. The van der Waals surface area contributed by atoms with E-state index in [9.17, 15) is 0 Å². The van der Waals surface area contributed by atoms with Gasteiger partial charge in [-0.25, -0.2) is 0 Å². The molecule has 0 spiro atoms. The van der Waals surface area contributed by atoms with Crippen LogP contribution in [0, 0.1) is 0 Å². The monoisotopic (exact) mass is 389 g/mol. The molecule has 0 amide bonds. The Kier molecular flexibility index (Phi) is 5.66. The summed E-state index contributed by atoms with van der Waals surface area (Å²) in [5, 5.41) is 9.00. The van der Waals surface area contributed by atoms with E-state index in [4.69, 9.17) is 22.1 Å². The van der Waals surface area contributed by atoms with Crippen LogP contribution >= 0.6 is 11.6 Å². The highest BCUT2D eigenvalue weighted by Gasteiger charge is 2.35. The van der Waals surface area contributed by atoms with Gasteiger partial charge in [0.2, 0.25) is 0 Å². The molecule has 1 aromatic carbocycles. The third-order valence-corrected chi connectivity index (χ3v) is 6.08. The molecule has 1 aromatic rings. The van der Waals surface area contributed by atoms with Crippen LogP contribution < -0.4 is 5.73 Å². The molecule has 27 heavy (non-hydrogen) atoms. The minimum absolute atomic E-state index is 0.289. The van der Waals surface area contributed by atoms with Crippen molar-refractivity contribution in [2.24, 2.45) is 15.9 Å². The molecular weight excluding hydrogens is 362 g/mol. The van der Waals surface area contributed by atoms with Crippen LogP contribution in [0.1, 0.15) is 31.7 Å². The number of hydrogen-bond donors (Lipinski definition) is 1. The van der Waals surface area contributed by atoms with Crippen molar-refractivity contribution in [3.63, 3.8) is 0 Å². The van der Waals surface area contributed by atoms with Crippen molar-refractivity contribution >= 4 is 23.3 Å². The standard InChI is InChI=1S/C20H28ClN5O/c1-14-12-26(18(13-27-14)10-15-2-4-16(21)5-3-15)17-6-8-25(9-7-17)20-11-19(22)23-24-20/h2-5,14,17-18H,6-13H2,1H3,(H2,22,23)/t14-,18+/m1/s1. The van der Waals surface area contributed by atoms with E-state index in [0.29, 0.717) is 24.3 Å². The predicted octanol–water partition coefficient (Wildman–Crippen LogP) is 2.51. The molecule has 0 unspecified atom stereocenters. The molecule has 2 fully saturated rings. The number of piperidine rings is 1. The van der Waals surface area contributed by atoms with Crippen molar-refractivity contribution in [2.45, 2.75) is 50.8 Å². The molecule has 0 saturated carbocycles. The molecule has 0 aliphatic carbocycles. The quantitative estimate of drug-likeness (QED) is 0.862. The number of nitrogens with zero attached hydrogens (tertiary/aromatic N) is 4. The Hall–Kier alpha value is -1.63. The second kappa shape index (κ2) is 8.17. The zero-order chi connectivity index (χ0) is 18.8. The van der Waals surface area contributed by atoms with Crippen LogP contribution in [0.5, 0.6) is 0 Å². The smallest absolute Gasteiger partial charge is 0.135 e. The van der Waals surface area contributed by atoms with Crippen molar-refractivity contribution in [1.29, 1.82) is 0 Å². The number of rotatable bonds is 3. The molecule has 0 radical (unpaired) electrons. The van der Waals surface area contributed by atoms with E-state index >= 15 is 0 Å². The van der Waals surface area contributed by atoms with Crippen LogP contribution in [0.2, 0.25) is 5.02 Å². The van der Waals surface area contributed by atoms with Gasteiger partial charge in [0.05, 0.1) is 19.1 Å². The van der Waals surface area contributed by atoms with Gasteiger partial charge < -0.3 is 15.4 Å². The van der Waals surface area contributed by atoms with Crippen LogP contribution in [-0.2, 0) is 11.2 Å². The number of amidine groups is 2. The largest absolute Gasteiger partial charge is 0.385 e. The molecule has 0 aromatic heterocycles. The van der Waals surface area contributed by atoms with E-state index in [-0.39, 0.29) is 6.10 Å². The Morgan fingerprint density at radius 2 is 1.93 bits per heavy atom. The molecule has 2 N–H and O–H groups in total. The average Bonchev–Trinajstić information content (AvgIpc) is 3.11. The summed E-state index contributed by atoms with van der Waals surface area (Å²) < 4.78 is 6.00. The van der Waals surface area contributed by atoms with Gasteiger partial charge in [-0.3, -0.25) is 4.90 Å². The number of halogens is 1. The van der Waals surface area contributed by atoms with Gasteiger partial charge in [0, 0.05) is 36.7 Å². The molecular formula is C20H28ClN5O. The Morgan fingerprint density at radius 3 is 2.59 bits per heavy atom. The number of hydrogen-bond acceptors (Lipinski definition) is 6. The Labute approximate surface area is 166 Å². The number of nitrogens with two attached hydrogens (primary N) is 1. The lowest BCUT2D eigenvalue weighted by Crippen LogP contribution is -2.57. The lowest BCUT2D eigenvalue weighted by Gasteiger charge is -2.46. The third kappa shape index (κ3) is 4.45. The highest BCUT2D eigenvalue weighted by molar-refractivity contribution is 6.30. The topological polar surface area (TPSA) is 66.5 Å². The number of morpholine rings is 1. The summed E-state index contributed by atoms with van der Waals surface area (Å²) in [5.41, 5.74) is 7.09. The van der Waals surface area contributed by atoms with Gasteiger partial charge in [-0.1, -0.05) is 23.7 Å². The van der Waals surface area contributed by atoms with E-state index in [1.165, 1.54) is 5.56 Å². The summed E-state index contributed by atoms with van der Waals surface area (Å²) in [5.74, 6) is 1.65. The Morgan fingerprint density at radius 1 is 1.19 bits per heavy atom. The van der Waals surface area contributed by atoms with Crippen molar-refractivity contribution in [3.8, 4) is 0 Å². The van der Waals surface area contributed by atoms with Gasteiger partial charge in [0.15, 0.2) is 0 Å². The van der Waals surface area contributed by atoms with Crippen molar-refractivity contribution in [3.05, 3.63) is 34.9 Å². The van der Waals surface area contributed by atoms with Crippen LogP contribution in [0.15, 0.2) is 34.5 Å². The fourth-order valence-corrected chi connectivity index (χ4v) is 4.50. The highest BCUT2D eigenvalue weighted by Crippen LogP contribution is 2.26. The molecule has 0 bridgehead atoms. The first-order chi connectivity index (χ1) is 13.1. The third-order valence-electron chi connectivity index (χ3n) is 5.83. The maximum absolute atomic E-state index is 6.04. The first-order valence-electron chi connectivity index (χ1n) is 9.84. The van der Waals surface area contributed by atoms with Crippen LogP contribution in [0.4, 0.5) is 0 Å². The Balaban J connectivity index is 1.38. The number of benzene rings is 1. The highest BCUT2D eigenvalue weighted by atomic mass is 35.5. The SMILES string of the molecule is C[C@@H]1CN(C2CCN(C3=NN=C(N)C3)CC2)[C@@H](Cc2ccc(Cl)cc2)CO1. The van der Waals surface area contributed by atoms with Crippen LogP contribution in [0.25, 0.3) is 0 Å². The van der Waals surface area contributed by atoms with E-state index in [1.807, 2.05) is 12.1 Å². The second-order valence-electron chi connectivity index (χ2n) is 7.83. The van der Waals surface area contributed by atoms with E-state index < -0.39 is 0 Å². The van der Waals surface area contributed by atoms with Gasteiger partial charge >= 0.3 is 0 Å². The molecule has 4 rings (SSSR count). The fourth-order valence-electron chi connectivity index (χ4n) is 4.37. The first kappa shape index (κ1) is 18.7. The summed E-state index contributed by atoms with van der Waals surface area (Å²) in [6.45, 7) is 6.01. The summed E-state index contributed by atoms with van der Waals surface area (Å²) in [6, 6.07) is 9.21. The van der Waals surface area contributed by atoms with Gasteiger partial charge in [-0.15, -0.1) is 10.2 Å². The van der Waals surface area contributed by atoms with Crippen molar-refractivity contribution in [1.82, 2.24) is 9.80 Å². The van der Waals surface area contributed by atoms with Crippen molar-refractivity contribution < 1.29 is 4.74 Å². The predicted molar refractivity (Wildman–Crippen MR) is 109 cm³/mol. The van der Waals surface area contributed by atoms with Crippen LogP contribution in [-0.4, -0.2) is 65.9 Å². The molecule has 7 heteroatoms. The van der Waals surface area contributed by atoms with E-state index in [2.05, 4.69) is 39.1 Å². The van der Waals surface area contributed by atoms with Crippen LogP contribution in [0.3, 0.4) is 0 Å². The van der Waals surface area contributed by atoms with Gasteiger partial charge in [0.1, 0.15) is 11.7 Å². The number of ether oxygens (including phenoxy) is 1. The molecule has 2 atom stereocenters. The lowest BCUT2D eigenvalue weighted by atomic mass is 9.96. The average molecular weight is 390 g/mol. The summed E-state index contributed by atoms with van der Waals surface area (Å²) in [7, 11) is 0. The number of likely N-dealkylation sites (tertiary alicyclic amines) is 1.